The van der Waals surface area contributed by atoms with Crippen molar-refractivity contribution >= 4 is 17.3 Å². The molecule has 0 unspecified atom stereocenters. The maximum atomic E-state index is 12.2. The van der Waals surface area contributed by atoms with Crippen LogP contribution in [0, 0.1) is 18.8 Å². The Morgan fingerprint density at radius 1 is 1.20 bits per heavy atom. The molecule has 3 rings (SSSR count). The third-order valence-electron chi connectivity index (χ3n) is 5.43. The van der Waals surface area contributed by atoms with Crippen molar-refractivity contribution in [2.45, 2.75) is 27.2 Å². The van der Waals surface area contributed by atoms with Crippen LogP contribution >= 0.6 is 0 Å². The predicted octanol–water partition coefficient (Wildman–Crippen LogP) is 4.69. The summed E-state index contributed by atoms with van der Waals surface area (Å²) in [6, 6.07) is 9.77. The van der Waals surface area contributed by atoms with Gasteiger partial charge in [0.05, 0.1) is 12.1 Å². The second kappa shape index (κ2) is 9.61. The monoisotopic (exact) mass is 404 g/mol. The van der Waals surface area contributed by atoms with Crippen LogP contribution in [0.3, 0.4) is 0 Å². The summed E-state index contributed by atoms with van der Waals surface area (Å²) in [5.41, 5.74) is 5.50. The Balaban J connectivity index is 1.68. The smallest absolute Gasteiger partial charge is 0.253 e. The Morgan fingerprint density at radius 2 is 1.93 bits per heavy atom. The molecule has 1 amide bonds. The molecule has 2 heterocycles. The lowest BCUT2D eigenvalue weighted by Crippen LogP contribution is -2.37. The maximum Gasteiger partial charge on any atom is 0.253 e. The highest BCUT2D eigenvalue weighted by Gasteiger charge is 2.24. The lowest BCUT2D eigenvalue weighted by Gasteiger charge is -2.38. The first-order valence-corrected chi connectivity index (χ1v) is 10.5. The number of benzene rings is 1. The van der Waals surface area contributed by atoms with Gasteiger partial charge in [-0.3, -0.25) is 9.78 Å². The van der Waals surface area contributed by atoms with E-state index in [0.29, 0.717) is 29.6 Å². The van der Waals surface area contributed by atoms with Gasteiger partial charge in [0, 0.05) is 48.1 Å². The second-order valence-corrected chi connectivity index (χ2v) is 8.50. The average molecular weight is 405 g/mol. The molecular formula is C25H32N4O. The van der Waals surface area contributed by atoms with Gasteiger partial charge in [-0.25, -0.2) is 0 Å². The Morgan fingerprint density at radius 3 is 2.60 bits per heavy atom. The minimum Gasteiger partial charge on any atom is -0.371 e. The number of aryl methyl sites for hydroxylation is 1. The molecule has 1 fully saturated rings. The molecule has 2 aromatic rings. The fraction of sp³-hybridized carbons (Fsp3) is 0.360. The van der Waals surface area contributed by atoms with Gasteiger partial charge >= 0.3 is 0 Å². The molecule has 2 atom stereocenters. The molecule has 1 aliphatic heterocycles. The summed E-state index contributed by atoms with van der Waals surface area (Å²) in [5, 5.41) is 6.25. The standard InChI is InChI=1S/C25H32N4O/c1-17-8-9-24(23(12-17)21(5)29-15-18(2)11-19(3)16-29)28-20(4)13-27-25(30)22-7-6-10-26-14-22/h6-10,12,14,18-19,28H,4-5,11,13,15-16H2,1-3H3,(H,27,30)/t18-,19+. The largest absolute Gasteiger partial charge is 0.371 e. The minimum atomic E-state index is -0.170. The molecule has 0 bridgehead atoms. The van der Waals surface area contributed by atoms with Crippen LogP contribution in [-0.4, -0.2) is 35.4 Å². The van der Waals surface area contributed by atoms with E-state index in [-0.39, 0.29) is 5.91 Å². The van der Waals surface area contributed by atoms with Gasteiger partial charge in [-0.15, -0.1) is 0 Å². The number of piperidine rings is 1. The Hall–Kier alpha value is -3.08. The van der Waals surface area contributed by atoms with Gasteiger partial charge in [-0.2, -0.15) is 0 Å². The normalized spacial score (nSPS) is 18.6. The van der Waals surface area contributed by atoms with Gasteiger partial charge in [0.15, 0.2) is 0 Å². The number of amides is 1. The number of carbonyl (C=O) groups excluding carboxylic acids is 1. The summed E-state index contributed by atoms with van der Waals surface area (Å²) < 4.78 is 0. The molecule has 30 heavy (non-hydrogen) atoms. The van der Waals surface area contributed by atoms with Crippen LogP contribution in [-0.2, 0) is 0 Å². The summed E-state index contributed by atoms with van der Waals surface area (Å²) in [7, 11) is 0. The summed E-state index contributed by atoms with van der Waals surface area (Å²) in [5.74, 6) is 1.14. The fourth-order valence-corrected chi connectivity index (χ4v) is 4.08. The first-order valence-electron chi connectivity index (χ1n) is 10.5. The van der Waals surface area contributed by atoms with E-state index in [9.17, 15) is 4.79 Å². The molecule has 1 aromatic carbocycles. The van der Waals surface area contributed by atoms with Gasteiger partial charge in [-0.1, -0.05) is 38.6 Å². The number of nitrogens with one attached hydrogen (secondary N) is 2. The number of anilines is 1. The van der Waals surface area contributed by atoms with E-state index in [1.165, 1.54) is 12.0 Å². The van der Waals surface area contributed by atoms with Crippen LogP contribution in [0.25, 0.3) is 5.70 Å². The molecular weight excluding hydrogens is 372 g/mol. The molecule has 0 saturated carbocycles. The van der Waals surface area contributed by atoms with E-state index in [4.69, 9.17) is 0 Å². The quantitative estimate of drug-likeness (QED) is 0.703. The number of aromatic nitrogens is 1. The van der Waals surface area contributed by atoms with Gasteiger partial charge in [-0.05, 0) is 49.4 Å². The van der Waals surface area contributed by atoms with Crippen LogP contribution in [0.4, 0.5) is 5.69 Å². The minimum absolute atomic E-state index is 0.170. The zero-order valence-electron chi connectivity index (χ0n) is 18.2. The van der Waals surface area contributed by atoms with Crippen LogP contribution in [0.15, 0.2) is 61.6 Å². The van der Waals surface area contributed by atoms with E-state index in [0.717, 1.165) is 30.0 Å². The van der Waals surface area contributed by atoms with Crippen molar-refractivity contribution in [3.05, 3.63) is 78.3 Å². The topological polar surface area (TPSA) is 57.3 Å². The molecule has 158 valence electrons. The van der Waals surface area contributed by atoms with Gasteiger partial charge in [0.25, 0.3) is 5.91 Å². The van der Waals surface area contributed by atoms with Crippen LogP contribution in [0.2, 0.25) is 0 Å². The van der Waals surface area contributed by atoms with E-state index in [1.807, 2.05) is 0 Å². The number of nitrogens with zero attached hydrogens (tertiary/aromatic N) is 2. The highest BCUT2D eigenvalue weighted by molar-refractivity contribution is 5.94. The maximum absolute atomic E-state index is 12.2. The van der Waals surface area contributed by atoms with E-state index < -0.39 is 0 Å². The average Bonchev–Trinajstić information content (AvgIpc) is 2.72. The zero-order valence-corrected chi connectivity index (χ0v) is 18.2. The number of hydrogen-bond donors (Lipinski definition) is 2. The van der Waals surface area contributed by atoms with Gasteiger partial charge in [0.2, 0.25) is 0 Å². The number of likely N-dealkylation sites (tertiary alicyclic amines) is 1. The van der Waals surface area contributed by atoms with Crippen molar-refractivity contribution in [3.63, 3.8) is 0 Å². The third kappa shape index (κ3) is 5.50. The van der Waals surface area contributed by atoms with Crippen molar-refractivity contribution in [2.24, 2.45) is 11.8 Å². The SMILES string of the molecule is C=C(CNC(=O)c1cccnc1)Nc1ccc(C)cc1C(=C)N1C[C@H](C)C[C@H](C)C1. The molecule has 0 radical (unpaired) electrons. The number of pyridine rings is 1. The second-order valence-electron chi connectivity index (χ2n) is 8.50. The summed E-state index contributed by atoms with van der Waals surface area (Å²) in [6.07, 6.45) is 4.46. The fourth-order valence-electron chi connectivity index (χ4n) is 4.08. The first-order chi connectivity index (χ1) is 14.3. The van der Waals surface area contributed by atoms with Crippen molar-refractivity contribution < 1.29 is 4.79 Å². The molecule has 5 nitrogen and oxygen atoms in total. The van der Waals surface area contributed by atoms with Crippen LogP contribution < -0.4 is 10.6 Å². The number of hydrogen-bond acceptors (Lipinski definition) is 4. The van der Waals surface area contributed by atoms with Crippen LogP contribution in [0.1, 0.15) is 41.8 Å². The molecule has 1 saturated heterocycles. The van der Waals surface area contributed by atoms with Gasteiger partial charge < -0.3 is 15.5 Å². The van der Waals surface area contributed by atoms with Crippen LogP contribution in [0.5, 0.6) is 0 Å². The summed E-state index contributed by atoms with van der Waals surface area (Å²) >= 11 is 0. The lowest BCUT2D eigenvalue weighted by molar-refractivity contribution is 0.0957. The van der Waals surface area contributed by atoms with E-state index in [1.54, 1.807) is 24.5 Å². The van der Waals surface area contributed by atoms with Crippen molar-refractivity contribution in [1.29, 1.82) is 0 Å². The van der Waals surface area contributed by atoms with Gasteiger partial charge in [0.1, 0.15) is 0 Å². The van der Waals surface area contributed by atoms with E-state index in [2.05, 4.69) is 72.6 Å². The molecule has 0 spiro atoms. The molecule has 0 aliphatic carbocycles. The zero-order chi connectivity index (χ0) is 21.7. The number of carbonyl (C=O) groups is 1. The van der Waals surface area contributed by atoms with Crippen molar-refractivity contribution in [2.75, 3.05) is 25.0 Å². The lowest BCUT2D eigenvalue weighted by atomic mass is 9.91. The molecule has 2 N–H and O–H groups in total. The molecule has 1 aliphatic rings. The summed E-state index contributed by atoms with van der Waals surface area (Å²) in [6.45, 7) is 17.6. The molecule has 5 heteroatoms. The van der Waals surface area contributed by atoms with Crippen molar-refractivity contribution in [1.82, 2.24) is 15.2 Å². The molecule has 1 aromatic heterocycles. The third-order valence-corrected chi connectivity index (χ3v) is 5.43. The Labute approximate surface area is 179 Å². The Kier molecular flexibility index (Phi) is 6.93. The highest BCUT2D eigenvalue weighted by Crippen LogP contribution is 2.32. The van der Waals surface area contributed by atoms with E-state index >= 15 is 0 Å². The Bertz CT molecular complexity index is 912. The first kappa shape index (κ1) is 21.6. The highest BCUT2D eigenvalue weighted by atomic mass is 16.1. The predicted molar refractivity (Wildman–Crippen MR) is 124 cm³/mol. The summed E-state index contributed by atoms with van der Waals surface area (Å²) in [4.78, 5) is 18.6. The van der Waals surface area contributed by atoms with Crippen molar-refractivity contribution in [3.8, 4) is 0 Å². The number of rotatable bonds is 7.